The fourth-order valence-corrected chi connectivity index (χ4v) is 3.32. The Kier molecular flexibility index (Phi) is 9.03. The van der Waals surface area contributed by atoms with E-state index in [1.807, 2.05) is 36.4 Å². The summed E-state index contributed by atoms with van der Waals surface area (Å²) in [7, 11) is 0. The molecule has 0 bridgehead atoms. The third-order valence-electron chi connectivity index (χ3n) is 4.63. The first kappa shape index (κ1) is 22.8. The van der Waals surface area contributed by atoms with Crippen molar-refractivity contribution in [2.24, 2.45) is 4.99 Å². The zero-order valence-corrected chi connectivity index (χ0v) is 17.0. The molecule has 6 nitrogen and oxygen atoms in total. The smallest absolute Gasteiger partial charge is 0.625 e. The molecule has 29 heavy (non-hydrogen) atoms. The standard InChI is InChI=1S/C22H25N3O3.Ni/c26-20(16-25-13-7-2-8-14-25)24-19-12-6-5-11-18(19)22(23-15-21(27)28)17-9-3-1-4-10-17;/h1,3-6,9-12H,2,7-8,13-16H2,(H2,23,24,26,27,28);/q;+2/p-2. The van der Waals surface area contributed by atoms with Crippen LogP contribution in [-0.2, 0) is 26.1 Å². The Labute approximate surface area is 181 Å². The SMILES string of the molecule is O=C([O-])CN=C(c1ccccc1)c1ccccc1[N-]C(=O)CN1CCCCC1.[Ni+2]. The third kappa shape index (κ3) is 6.80. The Hall–Kier alpha value is -2.50. The van der Waals surface area contributed by atoms with Gasteiger partial charge in [-0.15, -0.1) is 5.69 Å². The maximum atomic E-state index is 12.5. The predicted molar refractivity (Wildman–Crippen MR) is 107 cm³/mol. The number of carbonyl (C=O) groups is 2. The van der Waals surface area contributed by atoms with Crippen molar-refractivity contribution in [3.05, 3.63) is 71.0 Å². The van der Waals surface area contributed by atoms with Crippen LogP contribution in [0.3, 0.4) is 0 Å². The minimum Gasteiger partial charge on any atom is -0.625 e. The number of hydrogen-bond acceptors (Lipinski definition) is 5. The van der Waals surface area contributed by atoms with Crippen LogP contribution in [0, 0.1) is 0 Å². The van der Waals surface area contributed by atoms with Crippen molar-refractivity contribution in [1.29, 1.82) is 0 Å². The molecule has 1 aliphatic heterocycles. The van der Waals surface area contributed by atoms with Crippen LogP contribution in [0.5, 0.6) is 0 Å². The molecule has 7 heteroatoms. The van der Waals surface area contributed by atoms with Crippen molar-refractivity contribution < 1.29 is 31.2 Å². The topological polar surface area (TPSA) is 86.9 Å². The Morgan fingerprint density at radius 2 is 1.62 bits per heavy atom. The summed E-state index contributed by atoms with van der Waals surface area (Å²) in [4.78, 5) is 29.8. The van der Waals surface area contributed by atoms with Gasteiger partial charge in [-0.25, -0.2) is 0 Å². The summed E-state index contributed by atoms with van der Waals surface area (Å²) in [6.45, 7) is 1.68. The second-order valence-electron chi connectivity index (χ2n) is 6.76. The summed E-state index contributed by atoms with van der Waals surface area (Å²) in [5, 5.41) is 15.3. The van der Waals surface area contributed by atoms with E-state index in [0.717, 1.165) is 31.5 Å². The third-order valence-corrected chi connectivity index (χ3v) is 4.63. The molecule has 0 aromatic heterocycles. The van der Waals surface area contributed by atoms with Gasteiger partial charge in [0.15, 0.2) is 0 Å². The number of para-hydroxylation sites is 1. The van der Waals surface area contributed by atoms with E-state index in [1.54, 1.807) is 18.2 Å². The van der Waals surface area contributed by atoms with E-state index in [0.29, 0.717) is 23.5 Å². The molecule has 0 N–H and O–H groups in total. The van der Waals surface area contributed by atoms with Gasteiger partial charge in [0, 0.05) is 12.1 Å². The molecular formula is C22H23N3NiO3. The summed E-state index contributed by atoms with van der Waals surface area (Å²) in [5.41, 5.74) is 2.36. The number of nitrogens with zero attached hydrogens (tertiary/aromatic N) is 3. The first-order chi connectivity index (χ1) is 13.6. The van der Waals surface area contributed by atoms with Gasteiger partial charge in [0.05, 0.1) is 24.1 Å². The van der Waals surface area contributed by atoms with Gasteiger partial charge in [-0.05, 0) is 31.5 Å². The van der Waals surface area contributed by atoms with Crippen LogP contribution < -0.4 is 5.11 Å². The number of rotatable bonds is 7. The summed E-state index contributed by atoms with van der Waals surface area (Å²) in [6.07, 6.45) is 3.43. The zero-order chi connectivity index (χ0) is 19.8. The van der Waals surface area contributed by atoms with Gasteiger partial charge in [0.2, 0.25) is 0 Å². The van der Waals surface area contributed by atoms with Gasteiger partial charge in [0.1, 0.15) is 0 Å². The largest absolute Gasteiger partial charge is 2.00 e. The summed E-state index contributed by atoms with van der Waals surface area (Å²) >= 11 is 0. The van der Waals surface area contributed by atoms with Crippen LogP contribution in [0.2, 0.25) is 0 Å². The molecule has 0 saturated carbocycles. The van der Waals surface area contributed by atoms with E-state index in [2.05, 4.69) is 15.2 Å². The van der Waals surface area contributed by atoms with Gasteiger partial charge in [-0.3, -0.25) is 9.89 Å². The Bertz CT molecular complexity index is 849. The van der Waals surface area contributed by atoms with E-state index in [1.165, 1.54) is 6.42 Å². The van der Waals surface area contributed by atoms with Crippen molar-refractivity contribution in [1.82, 2.24) is 4.90 Å². The predicted octanol–water partition coefficient (Wildman–Crippen LogP) is 2.29. The first-order valence-corrected chi connectivity index (χ1v) is 9.49. The quantitative estimate of drug-likeness (QED) is 0.493. The number of piperidine rings is 1. The number of benzene rings is 2. The normalized spacial score (nSPS) is 14.7. The van der Waals surface area contributed by atoms with Crippen molar-refractivity contribution >= 4 is 23.3 Å². The Balaban J connectivity index is 0.00000300. The maximum Gasteiger partial charge on any atom is 2.00 e. The summed E-state index contributed by atoms with van der Waals surface area (Å²) in [5.74, 6) is -1.47. The van der Waals surface area contributed by atoms with Crippen LogP contribution in [0.25, 0.3) is 5.32 Å². The Morgan fingerprint density at radius 3 is 2.31 bits per heavy atom. The molecular weight excluding hydrogens is 413 g/mol. The molecule has 154 valence electrons. The van der Waals surface area contributed by atoms with E-state index in [-0.39, 0.29) is 22.4 Å². The van der Waals surface area contributed by atoms with E-state index in [4.69, 9.17) is 0 Å². The zero-order valence-electron chi connectivity index (χ0n) is 16.0. The van der Waals surface area contributed by atoms with Crippen molar-refractivity contribution in [2.45, 2.75) is 19.3 Å². The molecule has 1 saturated heterocycles. The van der Waals surface area contributed by atoms with Crippen LogP contribution in [0.1, 0.15) is 30.4 Å². The molecule has 0 radical (unpaired) electrons. The minimum absolute atomic E-state index is 0. The number of likely N-dealkylation sites (tertiary alicyclic amines) is 1. The van der Waals surface area contributed by atoms with Gasteiger partial charge < -0.3 is 20.0 Å². The molecule has 3 rings (SSSR count). The molecule has 0 spiro atoms. The molecule has 2 aromatic rings. The summed E-state index contributed by atoms with van der Waals surface area (Å²) in [6, 6.07) is 16.4. The maximum absolute atomic E-state index is 12.5. The van der Waals surface area contributed by atoms with Gasteiger partial charge in [-0.2, -0.15) is 0 Å². The van der Waals surface area contributed by atoms with Crippen LogP contribution in [0.4, 0.5) is 5.69 Å². The molecule has 1 heterocycles. The van der Waals surface area contributed by atoms with Crippen LogP contribution in [0.15, 0.2) is 59.6 Å². The fraction of sp³-hybridized carbons (Fsp3) is 0.318. The molecule has 0 atom stereocenters. The second kappa shape index (κ2) is 11.5. The number of carboxylic acids is 1. The number of aliphatic carboxylic acids is 1. The number of aliphatic imine (C=N–C) groups is 1. The molecule has 1 aliphatic rings. The van der Waals surface area contributed by atoms with Gasteiger partial charge in [0.25, 0.3) is 0 Å². The monoisotopic (exact) mass is 435 g/mol. The molecule has 0 unspecified atom stereocenters. The van der Waals surface area contributed by atoms with Gasteiger partial charge >= 0.3 is 16.5 Å². The average molecular weight is 436 g/mol. The number of carboxylic acid groups (broad SMARTS) is 1. The second-order valence-corrected chi connectivity index (χ2v) is 6.76. The average Bonchev–Trinajstić information content (AvgIpc) is 2.70. The Morgan fingerprint density at radius 1 is 0.966 bits per heavy atom. The van der Waals surface area contributed by atoms with E-state index in [9.17, 15) is 14.7 Å². The van der Waals surface area contributed by atoms with Crippen LogP contribution >= 0.6 is 0 Å². The molecule has 2 aromatic carbocycles. The van der Waals surface area contributed by atoms with Crippen molar-refractivity contribution in [2.75, 3.05) is 26.2 Å². The van der Waals surface area contributed by atoms with Crippen molar-refractivity contribution in [3.63, 3.8) is 0 Å². The number of hydrogen-bond donors (Lipinski definition) is 0. The van der Waals surface area contributed by atoms with Crippen molar-refractivity contribution in [3.8, 4) is 0 Å². The van der Waals surface area contributed by atoms with Gasteiger partial charge in [-0.1, -0.05) is 61.0 Å². The van der Waals surface area contributed by atoms with Crippen LogP contribution in [-0.4, -0.2) is 48.7 Å². The van der Waals surface area contributed by atoms with E-state index < -0.39 is 12.5 Å². The fourth-order valence-electron chi connectivity index (χ4n) is 3.32. The molecule has 0 aliphatic carbocycles. The van der Waals surface area contributed by atoms with E-state index >= 15 is 0 Å². The first-order valence-electron chi connectivity index (χ1n) is 9.49. The number of carbonyl (C=O) groups excluding carboxylic acids is 2. The molecule has 1 fully saturated rings. The molecule has 1 amide bonds. The number of amides is 1. The minimum atomic E-state index is -1.26. The summed E-state index contributed by atoms with van der Waals surface area (Å²) < 4.78 is 0.